The maximum absolute atomic E-state index is 5.52. The second kappa shape index (κ2) is 12.6. The van der Waals surface area contributed by atoms with Gasteiger partial charge in [0.15, 0.2) is 5.96 Å². The molecule has 0 bridgehead atoms. The predicted molar refractivity (Wildman–Crippen MR) is 117 cm³/mol. The van der Waals surface area contributed by atoms with E-state index in [2.05, 4.69) is 23.8 Å². The van der Waals surface area contributed by atoms with Crippen LogP contribution in [0.25, 0.3) is 0 Å². The van der Waals surface area contributed by atoms with E-state index in [9.17, 15) is 0 Å². The second-order valence-electron chi connectivity index (χ2n) is 6.91. The fraction of sp³-hybridized carbons (Fsp3) is 0.944. The quantitative estimate of drug-likeness (QED) is 0.244. The highest BCUT2D eigenvalue weighted by Gasteiger charge is 2.31. The summed E-state index contributed by atoms with van der Waals surface area (Å²) in [6.45, 7) is 6.73. The van der Waals surface area contributed by atoms with Crippen LogP contribution in [0.2, 0.25) is 0 Å². The minimum Gasteiger partial charge on any atom is -0.381 e. The maximum Gasteiger partial charge on any atom is 0.191 e. The Balaban J connectivity index is 0.00000288. The Kier molecular flexibility index (Phi) is 11.8. The molecule has 0 amide bonds. The Hall–Kier alpha value is 0.310. The van der Waals surface area contributed by atoms with Crippen molar-refractivity contribution < 1.29 is 4.74 Å². The molecular weight excluding hydrogens is 433 g/mol. The molecule has 1 heterocycles. The molecule has 2 aliphatic rings. The summed E-state index contributed by atoms with van der Waals surface area (Å²) in [6.07, 6.45) is 12.9. The van der Waals surface area contributed by atoms with Crippen molar-refractivity contribution in [2.24, 2.45) is 10.9 Å². The van der Waals surface area contributed by atoms with Crippen LogP contribution in [0, 0.1) is 5.92 Å². The van der Waals surface area contributed by atoms with Crippen molar-refractivity contribution in [1.82, 2.24) is 10.6 Å². The number of nitrogens with zero attached hydrogens (tertiary/aromatic N) is 1. The van der Waals surface area contributed by atoms with Crippen molar-refractivity contribution >= 4 is 41.7 Å². The summed E-state index contributed by atoms with van der Waals surface area (Å²) in [5.74, 6) is 1.97. The molecule has 4 nitrogen and oxygen atoms in total. The van der Waals surface area contributed by atoms with Gasteiger partial charge in [-0.05, 0) is 44.8 Å². The lowest BCUT2D eigenvalue weighted by molar-refractivity contribution is 0.0794. The fourth-order valence-corrected chi connectivity index (χ4v) is 4.40. The molecule has 1 saturated carbocycles. The zero-order valence-electron chi connectivity index (χ0n) is 15.4. The number of guanidine groups is 1. The molecule has 24 heavy (non-hydrogen) atoms. The lowest BCUT2D eigenvalue weighted by atomic mass is 9.99. The van der Waals surface area contributed by atoms with Crippen molar-refractivity contribution in [3.8, 4) is 0 Å². The molecular formula is C18H36IN3OS. The Morgan fingerprint density at radius 1 is 1.21 bits per heavy atom. The molecule has 2 N–H and O–H groups in total. The number of ether oxygens (including phenoxy) is 1. The molecule has 0 aromatic carbocycles. The lowest BCUT2D eigenvalue weighted by Crippen LogP contribution is -2.41. The van der Waals surface area contributed by atoms with Gasteiger partial charge in [0.1, 0.15) is 0 Å². The summed E-state index contributed by atoms with van der Waals surface area (Å²) >= 11 is 1.96. The predicted octanol–water partition coefficient (Wildman–Crippen LogP) is 4.04. The minimum atomic E-state index is 0. The molecule has 0 aromatic heterocycles. The van der Waals surface area contributed by atoms with Gasteiger partial charge in [0.05, 0.1) is 6.54 Å². The van der Waals surface area contributed by atoms with E-state index in [4.69, 9.17) is 9.73 Å². The molecule has 2 fully saturated rings. The highest BCUT2D eigenvalue weighted by molar-refractivity contribution is 14.0. The summed E-state index contributed by atoms with van der Waals surface area (Å²) in [5.41, 5.74) is 0. The van der Waals surface area contributed by atoms with Crippen LogP contribution in [-0.4, -0.2) is 49.8 Å². The van der Waals surface area contributed by atoms with E-state index in [-0.39, 0.29) is 28.7 Å². The van der Waals surface area contributed by atoms with Gasteiger partial charge >= 0.3 is 0 Å². The van der Waals surface area contributed by atoms with Gasteiger partial charge in [-0.15, -0.1) is 24.0 Å². The Morgan fingerprint density at radius 2 is 1.92 bits per heavy atom. The zero-order chi connectivity index (χ0) is 16.4. The summed E-state index contributed by atoms with van der Waals surface area (Å²) in [7, 11) is 0. The maximum atomic E-state index is 5.52. The highest BCUT2D eigenvalue weighted by atomic mass is 127. The molecule has 1 aliphatic carbocycles. The fourth-order valence-electron chi connectivity index (χ4n) is 3.63. The molecule has 0 radical (unpaired) electrons. The number of hydrogen-bond acceptors (Lipinski definition) is 3. The first-order valence-electron chi connectivity index (χ1n) is 9.43. The third-order valence-electron chi connectivity index (χ3n) is 5.26. The summed E-state index contributed by atoms with van der Waals surface area (Å²) < 4.78 is 5.78. The van der Waals surface area contributed by atoms with Crippen molar-refractivity contribution in [2.75, 3.05) is 39.1 Å². The van der Waals surface area contributed by atoms with Crippen LogP contribution >= 0.6 is 35.7 Å². The highest BCUT2D eigenvalue weighted by Crippen LogP contribution is 2.34. The summed E-state index contributed by atoms with van der Waals surface area (Å²) in [6, 6.07) is 0. The molecule has 2 rings (SSSR count). The molecule has 142 valence electrons. The van der Waals surface area contributed by atoms with Crippen LogP contribution in [0.4, 0.5) is 0 Å². The monoisotopic (exact) mass is 469 g/mol. The molecule has 1 aliphatic heterocycles. The molecule has 0 atom stereocenters. The van der Waals surface area contributed by atoms with Crippen LogP contribution in [0.3, 0.4) is 0 Å². The van der Waals surface area contributed by atoms with Crippen LogP contribution in [0.15, 0.2) is 4.99 Å². The SMILES string of the molecule is CCNC(=NCC1(SC)CCOCC1)NCCCC1CCCC1.I. The topological polar surface area (TPSA) is 45.7 Å². The van der Waals surface area contributed by atoms with Gasteiger partial charge in [-0.3, -0.25) is 4.99 Å². The van der Waals surface area contributed by atoms with Crippen molar-refractivity contribution in [3.05, 3.63) is 0 Å². The number of nitrogens with one attached hydrogen (secondary N) is 2. The Bertz CT molecular complexity index is 356. The van der Waals surface area contributed by atoms with Crippen molar-refractivity contribution in [3.63, 3.8) is 0 Å². The largest absolute Gasteiger partial charge is 0.381 e. The van der Waals surface area contributed by atoms with Crippen molar-refractivity contribution in [1.29, 1.82) is 0 Å². The number of hydrogen-bond donors (Lipinski definition) is 2. The van der Waals surface area contributed by atoms with E-state index in [1.165, 1.54) is 38.5 Å². The summed E-state index contributed by atoms with van der Waals surface area (Å²) in [4.78, 5) is 4.87. The van der Waals surface area contributed by atoms with E-state index in [1.807, 2.05) is 11.8 Å². The van der Waals surface area contributed by atoms with E-state index in [0.717, 1.165) is 57.6 Å². The number of rotatable bonds is 8. The molecule has 0 aromatic rings. The molecule has 6 heteroatoms. The number of aliphatic imine (C=N–C) groups is 1. The Morgan fingerprint density at radius 3 is 2.54 bits per heavy atom. The minimum absolute atomic E-state index is 0. The lowest BCUT2D eigenvalue weighted by Gasteiger charge is -2.34. The van der Waals surface area contributed by atoms with Gasteiger partial charge in [0.25, 0.3) is 0 Å². The smallest absolute Gasteiger partial charge is 0.191 e. The first kappa shape index (κ1) is 22.4. The molecule has 1 saturated heterocycles. The van der Waals surface area contributed by atoms with E-state index < -0.39 is 0 Å². The second-order valence-corrected chi connectivity index (χ2v) is 8.19. The van der Waals surface area contributed by atoms with E-state index in [0.29, 0.717) is 0 Å². The summed E-state index contributed by atoms with van der Waals surface area (Å²) in [5, 5.41) is 6.91. The van der Waals surface area contributed by atoms with Gasteiger partial charge in [-0.1, -0.05) is 25.7 Å². The number of thioether (sulfide) groups is 1. The number of halogens is 1. The van der Waals surface area contributed by atoms with Gasteiger partial charge < -0.3 is 15.4 Å². The Labute approximate surface area is 169 Å². The van der Waals surface area contributed by atoms with Crippen LogP contribution in [0.5, 0.6) is 0 Å². The van der Waals surface area contributed by atoms with E-state index in [1.54, 1.807) is 0 Å². The third kappa shape index (κ3) is 7.68. The molecule has 0 spiro atoms. The average Bonchev–Trinajstić information content (AvgIpc) is 3.10. The van der Waals surface area contributed by atoms with Gasteiger partial charge in [0.2, 0.25) is 0 Å². The van der Waals surface area contributed by atoms with Crippen molar-refractivity contribution in [2.45, 2.75) is 63.0 Å². The average molecular weight is 469 g/mol. The van der Waals surface area contributed by atoms with Crippen LogP contribution < -0.4 is 10.6 Å². The first-order chi connectivity index (χ1) is 11.3. The van der Waals surface area contributed by atoms with Gasteiger partial charge in [-0.25, -0.2) is 0 Å². The van der Waals surface area contributed by atoms with Crippen LogP contribution in [-0.2, 0) is 4.74 Å². The standard InChI is InChI=1S/C18H35N3OS.HI/c1-3-19-17(20-12-6-9-16-7-4-5-8-16)21-15-18(23-2)10-13-22-14-11-18;/h16H,3-15H2,1-2H3,(H2,19,20,21);1H. The van der Waals surface area contributed by atoms with Gasteiger partial charge in [-0.2, -0.15) is 11.8 Å². The van der Waals surface area contributed by atoms with Gasteiger partial charge in [0, 0.05) is 31.1 Å². The zero-order valence-corrected chi connectivity index (χ0v) is 18.6. The van der Waals surface area contributed by atoms with E-state index >= 15 is 0 Å². The first-order valence-corrected chi connectivity index (χ1v) is 10.7. The normalized spacial score (nSPS) is 21.3. The van der Waals surface area contributed by atoms with Crippen LogP contribution in [0.1, 0.15) is 58.3 Å². The third-order valence-corrected chi connectivity index (χ3v) is 6.67. The molecule has 0 unspecified atom stereocenters.